The second-order valence-electron chi connectivity index (χ2n) is 4.39. The average molecular weight is 288 g/mol. The van der Waals surface area contributed by atoms with E-state index in [9.17, 15) is 13.2 Å². The van der Waals surface area contributed by atoms with Gasteiger partial charge in [0, 0.05) is 10.9 Å². The van der Waals surface area contributed by atoms with Gasteiger partial charge in [0.15, 0.2) is 0 Å². The fourth-order valence-electron chi connectivity index (χ4n) is 2.02. The number of rotatable bonds is 2. The summed E-state index contributed by atoms with van der Waals surface area (Å²) in [4.78, 5) is 4.41. The van der Waals surface area contributed by atoms with E-state index in [1.54, 1.807) is 24.3 Å². The molecule has 0 N–H and O–H groups in total. The van der Waals surface area contributed by atoms with Crippen molar-refractivity contribution in [2.75, 3.05) is 0 Å². The van der Waals surface area contributed by atoms with Crippen molar-refractivity contribution < 1.29 is 17.9 Å². The molecule has 0 spiro atoms. The van der Waals surface area contributed by atoms with E-state index in [1.807, 2.05) is 12.1 Å². The van der Waals surface area contributed by atoms with Crippen LogP contribution in [-0.2, 0) is 0 Å². The molecule has 0 bridgehead atoms. The molecule has 0 aliphatic heterocycles. The number of fused-ring (bicyclic) bond motifs is 1. The monoisotopic (exact) mass is 288 g/mol. The lowest BCUT2D eigenvalue weighted by Crippen LogP contribution is -2.17. The molecule has 2 aromatic carbocycles. The lowest BCUT2D eigenvalue weighted by Gasteiger charge is -2.10. The third-order valence-electron chi connectivity index (χ3n) is 2.90. The van der Waals surface area contributed by atoms with Crippen LogP contribution in [0.5, 0.6) is 5.75 Å². The van der Waals surface area contributed by atoms with Gasteiger partial charge in [0.1, 0.15) is 5.75 Å². The summed E-state index contributed by atoms with van der Waals surface area (Å²) in [5, 5.41) is 0.945. The predicted octanol–water partition coefficient (Wildman–Crippen LogP) is 4.60. The number of halogens is 3. The van der Waals surface area contributed by atoms with Gasteiger partial charge in [-0.05, 0) is 30.3 Å². The van der Waals surface area contributed by atoms with Crippen LogP contribution < -0.4 is 4.74 Å². The highest BCUT2D eigenvalue weighted by molar-refractivity contribution is 5.81. The average Bonchev–Trinajstić information content (AvgIpc) is 2.45. The first-order valence-corrected chi connectivity index (χ1v) is 6.14. The molecule has 0 fully saturated rings. The molecule has 0 unspecified atom stereocenters. The Balaban J connectivity index is 2.00. The van der Waals surface area contributed by atoms with Crippen LogP contribution in [0.15, 0.2) is 54.6 Å². The molecule has 21 heavy (non-hydrogen) atoms. The summed E-state index contributed by atoms with van der Waals surface area (Å²) in [6, 6.07) is 17.7. The number of benzene rings is 2. The lowest BCUT2D eigenvalue weighted by atomic mass is 10.1. The quantitative estimate of drug-likeness (QED) is 0.687. The van der Waals surface area contributed by atoms with Crippen molar-refractivity contribution in [3.05, 3.63) is 60.7 Å². The SMILES string of the molecule is FC(F)(F)Oc1cccc(-c2ccc3cc[c]cc3n2)c1. The summed E-state index contributed by atoms with van der Waals surface area (Å²) in [7, 11) is 0. The normalized spacial score (nSPS) is 11.6. The molecule has 2 nitrogen and oxygen atoms in total. The number of ether oxygens (including phenoxy) is 1. The summed E-state index contributed by atoms with van der Waals surface area (Å²) >= 11 is 0. The standard InChI is InChI=1S/C16H9F3NO/c17-16(18,19)21-13-6-3-5-12(10-13)15-9-8-11-4-1-2-7-14(11)20-15/h1,3-10H. The van der Waals surface area contributed by atoms with Crippen LogP contribution in [-0.4, -0.2) is 11.3 Å². The van der Waals surface area contributed by atoms with E-state index in [0.717, 1.165) is 10.9 Å². The maximum Gasteiger partial charge on any atom is 0.573 e. The van der Waals surface area contributed by atoms with Gasteiger partial charge in [0.2, 0.25) is 0 Å². The Bertz CT molecular complexity index is 784. The summed E-state index contributed by atoms with van der Waals surface area (Å²) in [6.07, 6.45) is -4.70. The first kappa shape index (κ1) is 13.4. The number of nitrogens with zero attached hydrogens (tertiary/aromatic N) is 1. The Morgan fingerprint density at radius 3 is 2.71 bits per heavy atom. The highest BCUT2D eigenvalue weighted by atomic mass is 19.4. The van der Waals surface area contributed by atoms with E-state index < -0.39 is 6.36 Å². The molecule has 3 aromatic rings. The fourth-order valence-corrected chi connectivity index (χ4v) is 2.02. The van der Waals surface area contributed by atoms with Crippen molar-refractivity contribution in [2.24, 2.45) is 0 Å². The second-order valence-corrected chi connectivity index (χ2v) is 4.39. The molecule has 3 rings (SSSR count). The zero-order valence-electron chi connectivity index (χ0n) is 10.7. The van der Waals surface area contributed by atoms with Crippen LogP contribution in [0.25, 0.3) is 22.2 Å². The third kappa shape index (κ3) is 3.13. The summed E-state index contributed by atoms with van der Waals surface area (Å²) < 4.78 is 40.6. The minimum atomic E-state index is -4.70. The van der Waals surface area contributed by atoms with E-state index >= 15 is 0 Å². The maximum absolute atomic E-state index is 12.2. The molecule has 0 atom stereocenters. The Labute approximate surface area is 118 Å². The van der Waals surface area contributed by atoms with Gasteiger partial charge >= 0.3 is 6.36 Å². The molecule has 0 aliphatic carbocycles. The molecular formula is C16H9F3NO. The third-order valence-corrected chi connectivity index (χ3v) is 2.90. The summed E-state index contributed by atoms with van der Waals surface area (Å²) in [6.45, 7) is 0. The van der Waals surface area contributed by atoms with Gasteiger partial charge < -0.3 is 4.74 Å². The minimum absolute atomic E-state index is 0.262. The van der Waals surface area contributed by atoms with E-state index in [2.05, 4.69) is 15.8 Å². The van der Waals surface area contributed by atoms with Crippen molar-refractivity contribution in [1.29, 1.82) is 0 Å². The molecule has 105 valence electrons. The molecule has 1 radical (unpaired) electrons. The van der Waals surface area contributed by atoms with Crippen molar-refractivity contribution in [3.63, 3.8) is 0 Å². The predicted molar refractivity (Wildman–Crippen MR) is 72.7 cm³/mol. The number of pyridine rings is 1. The summed E-state index contributed by atoms with van der Waals surface area (Å²) in [5.74, 6) is -0.262. The highest BCUT2D eigenvalue weighted by Crippen LogP contribution is 2.28. The zero-order chi connectivity index (χ0) is 14.9. The molecule has 0 amide bonds. The van der Waals surface area contributed by atoms with E-state index in [4.69, 9.17) is 0 Å². The first-order valence-electron chi connectivity index (χ1n) is 6.14. The Kier molecular flexibility index (Phi) is 3.25. The lowest BCUT2D eigenvalue weighted by molar-refractivity contribution is -0.274. The number of hydrogen-bond donors (Lipinski definition) is 0. The van der Waals surface area contributed by atoms with Crippen molar-refractivity contribution >= 4 is 10.9 Å². The number of hydrogen-bond acceptors (Lipinski definition) is 2. The minimum Gasteiger partial charge on any atom is -0.406 e. The van der Waals surface area contributed by atoms with Crippen LogP contribution in [0, 0.1) is 6.07 Å². The number of aromatic nitrogens is 1. The molecular weight excluding hydrogens is 279 g/mol. The zero-order valence-corrected chi connectivity index (χ0v) is 10.7. The van der Waals surface area contributed by atoms with Crippen LogP contribution >= 0.6 is 0 Å². The van der Waals surface area contributed by atoms with Crippen molar-refractivity contribution in [2.45, 2.75) is 6.36 Å². The van der Waals surface area contributed by atoms with Crippen LogP contribution in [0.2, 0.25) is 0 Å². The summed E-state index contributed by atoms with van der Waals surface area (Å²) in [5.41, 5.74) is 1.87. The molecule has 1 heterocycles. The first-order chi connectivity index (χ1) is 10.0. The Hall–Kier alpha value is -2.56. The van der Waals surface area contributed by atoms with Gasteiger partial charge in [0.25, 0.3) is 0 Å². The molecule has 5 heteroatoms. The van der Waals surface area contributed by atoms with Crippen molar-refractivity contribution in [3.8, 4) is 17.0 Å². The smallest absolute Gasteiger partial charge is 0.406 e. The highest BCUT2D eigenvalue weighted by Gasteiger charge is 2.31. The van der Waals surface area contributed by atoms with Gasteiger partial charge in [-0.3, -0.25) is 0 Å². The van der Waals surface area contributed by atoms with E-state index in [-0.39, 0.29) is 5.75 Å². The maximum atomic E-state index is 12.2. The van der Waals surface area contributed by atoms with Gasteiger partial charge in [-0.2, -0.15) is 0 Å². The molecule has 1 aromatic heterocycles. The molecule has 0 aliphatic rings. The van der Waals surface area contributed by atoms with Gasteiger partial charge in [-0.1, -0.05) is 30.3 Å². The second kappa shape index (κ2) is 5.09. The molecule has 0 saturated heterocycles. The van der Waals surface area contributed by atoms with Crippen LogP contribution in [0.4, 0.5) is 13.2 Å². The van der Waals surface area contributed by atoms with E-state index in [0.29, 0.717) is 11.3 Å². The van der Waals surface area contributed by atoms with Crippen molar-refractivity contribution in [1.82, 2.24) is 4.98 Å². The largest absolute Gasteiger partial charge is 0.573 e. The number of alkyl halides is 3. The Morgan fingerprint density at radius 2 is 1.90 bits per heavy atom. The van der Waals surface area contributed by atoms with Gasteiger partial charge in [-0.25, -0.2) is 4.98 Å². The van der Waals surface area contributed by atoms with Gasteiger partial charge in [0.05, 0.1) is 11.2 Å². The van der Waals surface area contributed by atoms with E-state index in [1.165, 1.54) is 18.2 Å². The van der Waals surface area contributed by atoms with Crippen LogP contribution in [0.3, 0.4) is 0 Å². The van der Waals surface area contributed by atoms with Crippen LogP contribution in [0.1, 0.15) is 0 Å². The fraction of sp³-hybridized carbons (Fsp3) is 0.0625. The Morgan fingerprint density at radius 1 is 1.05 bits per heavy atom. The topological polar surface area (TPSA) is 22.1 Å². The molecule has 0 saturated carbocycles. The van der Waals surface area contributed by atoms with Gasteiger partial charge in [-0.15, -0.1) is 13.2 Å².